The molecule has 24 heavy (non-hydrogen) atoms. The maximum atomic E-state index is 13.3. The van der Waals surface area contributed by atoms with Crippen molar-refractivity contribution >= 4 is 11.2 Å². The van der Waals surface area contributed by atoms with Crippen molar-refractivity contribution in [3.63, 3.8) is 0 Å². The van der Waals surface area contributed by atoms with Crippen LogP contribution in [0.25, 0.3) is 11.2 Å². The van der Waals surface area contributed by atoms with E-state index >= 15 is 0 Å². The van der Waals surface area contributed by atoms with E-state index in [1.807, 2.05) is 18.7 Å². The number of alkyl halides is 3. The maximum absolute atomic E-state index is 13.3. The van der Waals surface area contributed by atoms with Crippen molar-refractivity contribution in [1.82, 2.24) is 23.6 Å². The minimum Gasteiger partial charge on any atom is -0.313 e. The number of halogens is 3. The van der Waals surface area contributed by atoms with Crippen molar-refractivity contribution in [3.8, 4) is 0 Å². The summed E-state index contributed by atoms with van der Waals surface area (Å²) in [6.07, 6.45) is -4.72. The lowest BCUT2D eigenvalue weighted by molar-refractivity contribution is -0.147. The summed E-state index contributed by atoms with van der Waals surface area (Å²) in [5.74, 6) is -1.16. The number of nitrogens with zero attached hydrogens (tertiary/aromatic N) is 5. The third-order valence-electron chi connectivity index (χ3n) is 4.14. The summed E-state index contributed by atoms with van der Waals surface area (Å²) in [6.45, 7) is 5.47. The fourth-order valence-corrected chi connectivity index (χ4v) is 2.66. The third kappa shape index (κ3) is 2.97. The molecule has 2 aromatic rings. The van der Waals surface area contributed by atoms with Crippen LogP contribution < -0.4 is 11.2 Å². The Morgan fingerprint density at radius 1 is 1.08 bits per heavy atom. The van der Waals surface area contributed by atoms with Gasteiger partial charge in [-0.15, -0.1) is 0 Å². The molecular formula is C14H20F3N5O2. The van der Waals surface area contributed by atoms with E-state index in [9.17, 15) is 22.8 Å². The second kappa shape index (κ2) is 6.42. The van der Waals surface area contributed by atoms with Gasteiger partial charge in [0.15, 0.2) is 11.2 Å². The number of aromatic nitrogens is 4. The van der Waals surface area contributed by atoms with E-state index in [4.69, 9.17) is 0 Å². The molecule has 0 saturated carbocycles. The summed E-state index contributed by atoms with van der Waals surface area (Å²) in [4.78, 5) is 29.8. The Balaban J connectivity index is 2.74. The van der Waals surface area contributed by atoms with Crippen LogP contribution >= 0.6 is 0 Å². The average molecular weight is 347 g/mol. The predicted octanol–water partition coefficient (Wildman–Crippen LogP) is 0.794. The first-order chi connectivity index (χ1) is 11.1. The van der Waals surface area contributed by atoms with Crippen LogP contribution in [0, 0.1) is 0 Å². The summed E-state index contributed by atoms with van der Waals surface area (Å²) in [5.41, 5.74) is -1.96. The number of imidazole rings is 1. The Morgan fingerprint density at radius 3 is 2.17 bits per heavy atom. The zero-order chi connectivity index (χ0) is 18.2. The second-order valence-electron chi connectivity index (χ2n) is 5.49. The maximum Gasteiger partial charge on any atom is 0.449 e. The first-order valence-corrected chi connectivity index (χ1v) is 7.59. The van der Waals surface area contributed by atoms with E-state index in [0.717, 1.165) is 13.7 Å². The van der Waals surface area contributed by atoms with Gasteiger partial charge in [-0.2, -0.15) is 13.2 Å². The fourth-order valence-electron chi connectivity index (χ4n) is 2.66. The highest BCUT2D eigenvalue weighted by Crippen LogP contribution is 2.30. The topological polar surface area (TPSA) is 65.1 Å². The molecule has 0 spiro atoms. The van der Waals surface area contributed by atoms with E-state index < -0.39 is 23.2 Å². The number of rotatable bonds is 5. The largest absolute Gasteiger partial charge is 0.449 e. The quantitative estimate of drug-likeness (QED) is 0.802. The highest BCUT2D eigenvalue weighted by Gasteiger charge is 2.39. The predicted molar refractivity (Wildman–Crippen MR) is 83.0 cm³/mol. The van der Waals surface area contributed by atoms with Gasteiger partial charge in [0.2, 0.25) is 5.82 Å². The van der Waals surface area contributed by atoms with Gasteiger partial charge in [0.05, 0.1) is 0 Å². The zero-order valence-corrected chi connectivity index (χ0v) is 14.0. The van der Waals surface area contributed by atoms with Crippen LogP contribution in [0.4, 0.5) is 13.2 Å². The van der Waals surface area contributed by atoms with E-state index in [2.05, 4.69) is 4.98 Å². The molecule has 0 saturated heterocycles. The van der Waals surface area contributed by atoms with Crippen molar-refractivity contribution in [2.24, 2.45) is 14.1 Å². The first kappa shape index (κ1) is 18.2. The Kier molecular flexibility index (Phi) is 4.88. The molecule has 0 atom stereocenters. The summed E-state index contributed by atoms with van der Waals surface area (Å²) in [5, 5.41) is 0. The molecule has 0 aliphatic carbocycles. The number of aryl methyl sites for hydroxylation is 1. The van der Waals surface area contributed by atoms with Crippen LogP contribution in [0.1, 0.15) is 19.7 Å². The number of hydrogen-bond donors (Lipinski definition) is 0. The molecule has 0 N–H and O–H groups in total. The highest BCUT2D eigenvalue weighted by molar-refractivity contribution is 5.71. The monoisotopic (exact) mass is 347 g/mol. The molecule has 0 bridgehead atoms. The highest BCUT2D eigenvalue weighted by atomic mass is 19.4. The van der Waals surface area contributed by atoms with Crippen LogP contribution in [0.2, 0.25) is 0 Å². The van der Waals surface area contributed by atoms with E-state index in [1.54, 1.807) is 0 Å². The molecule has 10 heteroatoms. The van der Waals surface area contributed by atoms with Gasteiger partial charge in [0.25, 0.3) is 5.56 Å². The van der Waals surface area contributed by atoms with E-state index in [1.165, 1.54) is 14.1 Å². The molecule has 0 unspecified atom stereocenters. The molecule has 2 aromatic heterocycles. The van der Waals surface area contributed by atoms with Gasteiger partial charge in [-0.3, -0.25) is 13.9 Å². The van der Waals surface area contributed by atoms with Crippen molar-refractivity contribution < 1.29 is 13.2 Å². The van der Waals surface area contributed by atoms with Crippen molar-refractivity contribution in [1.29, 1.82) is 0 Å². The molecule has 2 rings (SSSR count). The number of hydrogen-bond acceptors (Lipinski definition) is 4. The molecule has 7 nitrogen and oxygen atoms in total. The molecule has 0 aromatic carbocycles. The lowest BCUT2D eigenvalue weighted by atomic mass is 10.4. The lowest BCUT2D eigenvalue weighted by Crippen LogP contribution is -2.38. The Labute approximate surface area is 135 Å². The average Bonchev–Trinajstić information content (AvgIpc) is 2.91. The van der Waals surface area contributed by atoms with Gasteiger partial charge in [0, 0.05) is 27.2 Å². The van der Waals surface area contributed by atoms with Gasteiger partial charge < -0.3 is 9.47 Å². The SMILES string of the molecule is CCN(CC)CCn1c(C(F)(F)F)nc2c1c(=O)n(C)c(=O)n2C. The fraction of sp³-hybridized carbons (Fsp3) is 0.643. The van der Waals surface area contributed by atoms with Crippen LogP contribution in [-0.4, -0.2) is 43.2 Å². The van der Waals surface area contributed by atoms with Crippen molar-refractivity contribution in [2.75, 3.05) is 19.6 Å². The lowest BCUT2D eigenvalue weighted by Gasteiger charge is -2.19. The van der Waals surface area contributed by atoms with Crippen LogP contribution in [0.5, 0.6) is 0 Å². The minimum absolute atomic E-state index is 0.0412. The normalized spacial score (nSPS) is 12.5. The van der Waals surface area contributed by atoms with E-state index in [-0.39, 0.29) is 17.7 Å². The molecular weight excluding hydrogens is 327 g/mol. The van der Waals surface area contributed by atoms with Crippen LogP contribution in [0.3, 0.4) is 0 Å². The van der Waals surface area contributed by atoms with Crippen molar-refractivity contribution in [3.05, 3.63) is 26.7 Å². The summed E-state index contributed by atoms with van der Waals surface area (Å²) in [7, 11) is 2.53. The molecule has 0 amide bonds. The summed E-state index contributed by atoms with van der Waals surface area (Å²) >= 11 is 0. The summed E-state index contributed by atoms with van der Waals surface area (Å²) in [6, 6.07) is 0. The Morgan fingerprint density at radius 2 is 1.67 bits per heavy atom. The number of likely N-dealkylation sites (N-methyl/N-ethyl adjacent to an activating group) is 1. The second-order valence-corrected chi connectivity index (χ2v) is 5.49. The van der Waals surface area contributed by atoms with E-state index in [0.29, 0.717) is 19.6 Å². The molecule has 0 fully saturated rings. The molecule has 2 heterocycles. The molecule has 134 valence electrons. The van der Waals surface area contributed by atoms with Crippen LogP contribution in [-0.2, 0) is 26.8 Å². The van der Waals surface area contributed by atoms with Gasteiger partial charge in [-0.1, -0.05) is 13.8 Å². The van der Waals surface area contributed by atoms with Gasteiger partial charge in [-0.25, -0.2) is 9.78 Å². The zero-order valence-electron chi connectivity index (χ0n) is 14.0. The smallest absolute Gasteiger partial charge is 0.313 e. The molecule has 0 aliphatic rings. The van der Waals surface area contributed by atoms with Crippen molar-refractivity contribution in [2.45, 2.75) is 26.6 Å². The summed E-state index contributed by atoms with van der Waals surface area (Å²) < 4.78 is 42.7. The van der Waals surface area contributed by atoms with Gasteiger partial charge >= 0.3 is 11.9 Å². The van der Waals surface area contributed by atoms with Gasteiger partial charge in [-0.05, 0) is 13.1 Å². The standard InChI is InChI=1S/C14H20F3N5O2/c1-5-21(6-2)7-8-22-9-10(18-12(22)14(15,16)17)19(3)13(24)20(4)11(9)23/h5-8H2,1-4H3. The molecule has 0 aliphatic heterocycles. The molecule has 0 radical (unpaired) electrons. The Hall–Kier alpha value is -2.10. The Bertz CT molecular complexity index is 858. The minimum atomic E-state index is -4.72. The number of fused-ring (bicyclic) bond motifs is 1. The third-order valence-corrected chi connectivity index (χ3v) is 4.14. The van der Waals surface area contributed by atoms with Gasteiger partial charge in [0.1, 0.15) is 0 Å². The first-order valence-electron chi connectivity index (χ1n) is 7.59. The van der Waals surface area contributed by atoms with Crippen LogP contribution in [0.15, 0.2) is 9.59 Å².